The monoisotopic (exact) mass is 267 g/mol. The Bertz CT molecular complexity index is 267. The van der Waals surface area contributed by atoms with Crippen LogP contribution in [0.15, 0.2) is 0 Å². The normalized spacial score (nSPS) is 23.3. The lowest BCUT2D eigenvalue weighted by Gasteiger charge is -2.34. The van der Waals surface area contributed by atoms with E-state index >= 15 is 0 Å². The predicted molar refractivity (Wildman–Crippen MR) is 78.2 cm³/mol. The summed E-state index contributed by atoms with van der Waals surface area (Å²) in [6.45, 7) is 10.6. The van der Waals surface area contributed by atoms with Gasteiger partial charge in [0, 0.05) is 39.1 Å². The fraction of sp³-hybridized carbons (Fsp3) is 0.933. The molecule has 4 nitrogen and oxygen atoms in total. The Kier molecular flexibility index (Phi) is 6.11. The van der Waals surface area contributed by atoms with Gasteiger partial charge in [-0.2, -0.15) is 0 Å². The summed E-state index contributed by atoms with van der Waals surface area (Å²) in [5.41, 5.74) is 0. The third kappa shape index (κ3) is 4.77. The number of carbonyl (C=O) groups is 1. The van der Waals surface area contributed by atoms with Crippen LogP contribution in [0, 0.1) is 0 Å². The Morgan fingerprint density at radius 1 is 0.842 bits per heavy atom. The minimum Gasteiger partial charge on any atom is -0.340 e. The quantitative estimate of drug-likeness (QED) is 0.771. The van der Waals surface area contributed by atoms with Crippen LogP contribution >= 0.6 is 0 Å². The number of carbonyl (C=O) groups excluding carboxylic acids is 1. The van der Waals surface area contributed by atoms with E-state index in [9.17, 15) is 4.79 Å². The summed E-state index contributed by atoms with van der Waals surface area (Å²) in [6.07, 6.45) is 6.06. The highest BCUT2D eigenvalue weighted by Gasteiger charge is 2.20. The van der Waals surface area contributed by atoms with Crippen molar-refractivity contribution in [3.8, 4) is 0 Å². The summed E-state index contributed by atoms with van der Waals surface area (Å²) in [4.78, 5) is 19.2. The second-order valence-electron chi connectivity index (χ2n) is 5.82. The molecule has 2 aliphatic rings. The molecule has 0 aromatic heterocycles. The van der Waals surface area contributed by atoms with Crippen molar-refractivity contribution in [3.63, 3.8) is 0 Å². The van der Waals surface area contributed by atoms with Gasteiger partial charge < -0.3 is 14.7 Å². The van der Waals surface area contributed by atoms with Crippen molar-refractivity contribution in [1.82, 2.24) is 14.7 Å². The molecule has 0 aliphatic carbocycles. The molecule has 2 aliphatic heterocycles. The van der Waals surface area contributed by atoms with Gasteiger partial charge in [-0.1, -0.05) is 19.8 Å². The molecule has 0 spiro atoms. The van der Waals surface area contributed by atoms with Crippen LogP contribution in [0.3, 0.4) is 0 Å². The number of amides is 1. The lowest BCUT2D eigenvalue weighted by molar-refractivity contribution is -0.133. The molecule has 2 rings (SSSR count). The Morgan fingerprint density at radius 3 is 2.05 bits per heavy atom. The van der Waals surface area contributed by atoms with Crippen molar-refractivity contribution in [2.45, 2.75) is 39.0 Å². The van der Waals surface area contributed by atoms with Crippen molar-refractivity contribution in [3.05, 3.63) is 0 Å². The molecule has 0 bridgehead atoms. The van der Waals surface area contributed by atoms with Gasteiger partial charge in [0.2, 0.25) is 5.91 Å². The molecule has 19 heavy (non-hydrogen) atoms. The molecular formula is C15H29N3O. The molecule has 2 heterocycles. The molecule has 2 saturated heterocycles. The lowest BCUT2D eigenvalue weighted by Crippen LogP contribution is -2.49. The van der Waals surface area contributed by atoms with E-state index in [1.165, 1.54) is 38.8 Å². The summed E-state index contributed by atoms with van der Waals surface area (Å²) < 4.78 is 0. The first-order valence-electron chi connectivity index (χ1n) is 8.02. The van der Waals surface area contributed by atoms with Gasteiger partial charge in [0.25, 0.3) is 0 Å². The van der Waals surface area contributed by atoms with Gasteiger partial charge in [-0.05, 0) is 32.5 Å². The van der Waals surface area contributed by atoms with Gasteiger partial charge in [-0.3, -0.25) is 4.79 Å². The van der Waals surface area contributed by atoms with E-state index in [1.54, 1.807) is 0 Å². The summed E-state index contributed by atoms with van der Waals surface area (Å²) >= 11 is 0. The van der Waals surface area contributed by atoms with Gasteiger partial charge in [0.05, 0.1) is 0 Å². The number of hydrogen-bond donors (Lipinski definition) is 0. The van der Waals surface area contributed by atoms with Gasteiger partial charge in [0.15, 0.2) is 0 Å². The largest absolute Gasteiger partial charge is 0.340 e. The third-order valence-electron chi connectivity index (χ3n) is 4.51. The van der Waals surface area contributed by atoms with E-state index in [4.69, 9.17) is 0 Å². The molecule has 2 fully saturated rings. The average molecular weight is 267 g/mol. The Labute approximate surface area is 117 Å². The fourth-order valence-corrected chi connectivity index (χ4v) is 3.09. The molecule has 0 atom stereocenters. The van der Waals surface area contributed by atoms with Crippen LogP contribution < -0.4 is 0 Å². The fourth-order valence-electron chi connectivity index (χ4n) is 3.09. The second-order valence-corrected chi connectivity index (χ2v) is 5.82. The average Bonchev–Trinajstić information content (AvgIpc) is 2.73. The summed E-state index contributed by atoms with van der Waals surface area (Å²) in [6, 6.07) is 0. The number of likely N-dealkylation sites (tertiary alicyclic amines) is 1. The van der Waals surface area contributed by atoms with Crippen LogP contribution in [0.2, 0.25) is 0 Å². The molecular weight excluding hydrogens is 238 g/mol. The zero-order valence-electron chi connectivity index (χ0n) is 12.4. The number of nitrogens with zero attached hydrogens (tertiary/aromatic N) is 3. The highest BCUT2D eigenvalue weighted by molar-refractivity contribution is 5.76. The van der Waals surface area contributed by atoms with Crippen molar-refractivity contribution in [1.29, 1.82) is 0 Å². The van der Waals surface area contributed by atoms with Crippen LogP contribution in [0.1, 0.15) is 39.0 Å². The lowest BCUT2D eigenvalue weighted by atomic mass is 10.2. The zero-order valence-corrected chi connectivity index (χ0v) is 12.4. The van der Waals surface area contributed by atoms with E-state index in [-0.39, 0.29) is 0 Å². The first-order valence-corrected chi connectivity index (χ1v) is 8.02. The highest BCUT2D eigenvalue weighted by Crippen LogP contribution is 2.10. The van der Waals surface area contributed by atoms with E-state index < -0.39 is 0 Å². The smallest absolute Gasteiger partial charge is 0.223 e. The molecule has 0 aromatic carbocycles. The van der Waals surface area contributed by atoms with Crippen LogP contribution in [0.5, 0.6) is 0 Å². The number of hydrogen-bond acceptors (Lipinski definition) is 3. The summed E-state index contributed by atoms with van der Waals surface area (Å²) in [5.74, 6) is 0.361. The zero-order chi connectivity index (χ0) is 13.5. The minimum absolute atomic E-state index is 0.361. The molecule has 110 valence electrons. The van der Waals surface area contributed by atoms with Crippen molar-refractivity contribution in [2.75, 3.05) is 52.4 Å². The van der Waals surface area contributed by atoms with Crippen LogP contribution in [-0.2, 0) is 4.79 Å². The summed E-state index contributed by atoms with van der Waals surface area (Å²) in [7, 11) is 0. The standard InChI is InChI=1S/C15H29N3O/c1-2-16-11-13-18(14-12-16)15(19)7-10-17-8-5-3-4-6-9-17/h2-14H2,1H3. The SMILES string of the molecule is CCN1CCN(C(=O)CCN2CCCCCC2)CC1. The topological polar surface area (TPSA) is 26.8 Å². The van der Waals surface area contributed by atoms with Gasteiger partial charge >= 0.3 is 0 Å². The maximum absolute atomic E-state index is 12.2. The van der Waals surface area contributed by atoms with Crippen LogP contribution in [-0.4, -0.2) is 73.0 Å². The molecule has 0 radical (unpaired) electrons. The molecule has 0 saturated carbocycles. The summed E-state index contributed by atoms with van der Waals surface area (Å²) in [5, 5.41) is 0. The number of piperazine rings is 1. The first kappa shape index (κ1) is 14.8. The van der Waals surface area contributed by atoms with E-state index in [1.807, 2.05) is 0 Å². The highest BCUT2D eigenvalue weighted by atomic mass is 16.2. The van der Waals surface area contributed by atoms with Gasteiger partial charge in [0.1, 0.15) is 0 Å². The van der Waals surface area contributed by atoms with Crippen LogP contribution in [0.25, 0.3) is 0 Å². The molecule has 0 aromatic rings. The Balaban J connectivity index is 1.66. The van der Waals surface area contributed by atoms with Crippen molar-refractivity contribution >= 4 is 5.91 Å². The molecule has 0 N–H and O–H groups in total. The maximum atomic E-state index is 12.2. The van der Waals surface area contributed by atoms with E-state index in [0.29, 0.717) is 12.3 Å². The van der Waals surface area contributed by atoms with Crippen molar-refractivity contribution in [2.24, 2.45) is 0 Å². The van der Waals surface area contributed by atoms with Gasteiger partial charge in [-0.15, -0.1) is 0 Å². The van der Waals surface area contributed by atoms with E-state index in [0.717, 1.165) is 39.3 Å². The third-order valence-corrected chi connectivity index (χ3v) is 4.51. The van der Waals surface area contributed by atoms with Crippen molar-refractivity contribution < 1.29 is 4.79 Å². The Hall–Kier alpha value is -0.610. The molecule has 0 unspecified atom stereocenters. The minimum atomic E-state index is 0.361. The first-order chi connectivity index (χ1) is 9.29. The predicted octanol–water partition coefficient (Wildman–Crippen LogP) is 1.42. The number of rotatable bonds is 4. The maximum Gasteiger partial charge on any atom is 0.223 e. The Morgan fingerprint density at radius 2 is 1.47 bits per heavy atom. The van der Waals surface area contributed by atoms with Gasteiger partial charge in [-0.25, -0.2) is 0 Å². The molecule has 1 amide bonds. The number of likely N-dealkylation sites (N-methyl/N-ethyl adjacent to an activating group) is 1. The van der Waals surface area contributed by atoms with Crippen LogP contribution in [0.4, 0.5) is 0 Å². The second kappa shape index (κ2) is 7.85. The molecule has 4 heteroatoms. The van der Waals surface area contributed by atoms with E-state index in [2.05, 4.69) is 21.6 Å².